The van der Waals surface area contributed by atoms with E-state index in [0.29, 0.717) is 30.2 Å². The Morgan fingerprint density at radius 3 is 2.12 bits per heavy atom. The highest BCUT2D eigenvalue weighted by atomic mass is 32.2. The van der Waals surface area contributed by atoms with Gasteiger partial charge in [0.2, 0.25) is 11.8 Å². The zero-order valence-electron chi connectivity index (χ0n) is 25.0. The molecule has 0 aromatic heterocycles. The average molecular weight is 616 g/mol. The first kappa shape index (κ1) is 33.2. The average Bonchev–Trinajstić information content (AvgIpc) is 3.01. The van der Waals surface area contributed by atoms with Gasteiger partial charge in [-0.25, -0.2) is 12.8 Å². The second kappa shape index (κ2) is 15.2. The number of rotatable bonds is 15. The van der Waals surface area contributed by atoms with Crippen LogP contribution in [0.2, 0.25) is 0 Å². The maximum Gasteiger partial charge on any atom is 0.264 e. The first-order valence-electron chi connectivity index (χ1n) is 13.9. The van der Waals surface area contributed by atoms with Crippen LogP contribution in [0.1, 0.15) is 32.8 Å². The number of amides is 2. The fourth-order valence-electron chi connectivity index (χ4n) is 4.51. The predicted molar refractivity (Wildman–Crippen MR) is 161 cm³/mol. The smallest absolute Gasteiger partial charge is 0.264 e. The van der Waals surface area contributed by atoms with E-state index in [-0.39, 0.29) is 35.2 Å². The van der Waals surface area contributed by atoms with Crippen LogP contribution >= 0.6 is 0 Å². The number of carbonyl (C=O) groups is 2. The summed E-state index contributed by atoms with van der Waals surface area (Å²) < 4.78 is 59.0. The maximum atomic E-state index is 14.1. The van der Waals surface area contributed by atoms with E-state index in [1.165, 1.54) is 61.6 Å². The molecule has 10 nitrogen and oxygen atoms in total. The van der Waals surface area contributed by atoms with Crippen LogP contribution in [0.25, 0.3) is 0 Å². The molecular formula is C31H38FN3O7S. The molecule has 0 unspecified atom stereocenters. The number of ether oxygens (including phenoxy) is 3. The number of nitrogens with one attached hydrogen (secondary N) is 1. The molecule has 0 radical (unpaired) electrons. The number of hydrogen-bond donors (Lipinski definition) is 1. The minimum atomic E-state index is -4.35. The highest BCUT2D eigenvalue weighted by molar-refractivity contribution is 7.92. The zero-order valence-corrected chi connectivity index (χ0v) is 25.8. The number of likely N-dealkylation sites (N-methyl/N-ethyl adjacent to an activating group) is 1. The van der Waals surface area contributed by atoms with Gasteiger partial charge in [-0.3, -0.25) is 13.9 Å². The third kappa shape index (κ3) is 8.16. The fourth-order valence-corrected chi connectivity index (χ4v) is 5.94. The van der Waals surface area contributed by atoms with Crippen molar-refractivity contribution in [2.75, 3.05) is 38.2 Å². The van der Waals surface area contributed by atoms with Crippen LogP contribution in [-0.2, 0) is 26.2 Å². The molecule has 0 aliphatic rings. The molecule has 0 saturated heterocycles. The lowest BCUT2D eigenvalue weighted by Crippen LogP contribution is -2.52. The first-order chi connectivity index (χ1) is 20.6. The Bertz CT molecular complexity index is 1480. The lowest BCUT2D eigenvalue weighted by atomic mass is 10.1. The van der Waals surface area contributed by atoms with E-state index in [1.807, 2.05) is 6.92 Å². The monoisotopic (exact) mass is 615 g/mol. The summed E-state index contributed by atoms with van der Waals surface area (Å²) in [5, 5.41) is 2.75. The number of methoxy groups -OCH3 is 2. The lowest BCUT2D eigenvalue weighted by Gasteiger charge is -2.33. The second-order valence-electron chi connectivity index (χ2n) is 9.42. The van der Waals surface area contributed by atoms with Gasteiger partial charge < -0.3 is 24.4 Å². The van der Waals surface area contributed by atoms with E-state index in [1.54, 1.807) is 38.1 Å². The third-order valence-electron chi connectivity index (χ3n) is 6.66. The summed E-state index contributed by atoms with van der Waals surface area (Å²) in [6.45, 7) is 5.45. The standard InChI is InChI=1S/C31H38FN3O7S/c1-6-27(31(37)33-7-2)34(20-22-9-11-23(32)12-10-22)30(36)21-35(24-13-15-25(16-14-24)42-8-3)43(38,39)26-17-18-28(40-4)29(19-26)41-5/h9-19,27H,6-8,20-21H2,1-5H3,(H,33,37)/t27-/m0/s1. The molecule has 0 saturated carbocycles. The summed E-state index contributed by atoms with van der Waals surface area (Å²) in [6.07, 6.45) is 0.268. The molecule has 1 N–H and O–H groups in total. The normalized spacial score (nSPS) is 11.8. The van der Waals surface area contributed by atoms with Gasteiger partial charge in [0.1, 0.15) is 24.2 Å². The molecule has 43 heavy (non-hydrogen) atoms. The molecule has 0 aliphatic heterocycles. The van der Waals surface area contributed by atoms with Gasteiger partial charge in [0.05, 0.1) is 31.4 Å². The van der Waals surface area contributed by atoms with E-state index < -0.39 is 34.3 Å². The van der Waals surface area contributed by atoms with Gasteiger partial charge >= 0.3 is 0 Å². The summed E-state index contributed by atoms with van der Waals surface area (Å²) in [6, 6.07) is 15.1. The highest BCUT2D eigenvalue weighted by Crippen LogP contribution is 2.33. The van der Waals surface area contributed by atoms with E-state index in [0.717, 1.165) is 4.31 Å². The quantitative estimate of drug-likeness (QED) is 0.270. The van der Waals surface area contributed by atoms with E-state index in [9.17, 15) is 22.4 Å². The zero-order chi connectivity index (χ0) is 31.6. The Hall–Kier alpha value is -4.32. The number of hydrogen-bond acceptors (Lipinski definition) is 7. The van der Waals surface area contributed by atoms with Crippen molar-refractivity contribution < 1.29 is 36.6 Å². The number of benzene rings is 3. The number of nitrogens with zero attached hydrogens (tertiary/aromatic N) is 2. The van der Waals surface area contributed by atoms with Crippen molar-refractivity contribution in [2.45, 2.75) is 44.7 Å². The van der Waals surface area contributed by atoms with Crippen LogP contribution in [0.3, 0.4) is 0 Å². The molecule has 2 amide bonds. The van der Waals surface area contributed by atoms with Gasteiger partial charge in [-0.1, -0.05) is 19.1 Å². The fraction of sp³-hybridized carbons (Fsp3) is 0.355. The lowest BCUT2D eigenvalue weighted by molar-refractivity contribution is -0.140. The Morgan fingerprint density at radius 2 is 1.56 bits per heavy atom. The van der Waals surface area contributed by atoms with Crippen LogP contribution in [-0.4, -0.2) is 65.1 Å². The van der Waals surface area contributed by atoms with Gasteiger partial charge in [0.25, 0.3) is 10.0 Å². The van der Waals surface area contributed by atoms with E-state index in [4.69, 9.17) is 14.2 Å². The summed E-state index contributed by atoms with van der Waals surface area (Å²) in [5.41, 5.74) is 0.784. The number of halogens is 1. The van der Waals surface area contributed by atoms with Crippen LogP contribution in [0.4, 0.5) is 10.1 Å². The molecule has 232 valence electrons. The second-order valence-corrected chi connectivity index (χ2v) is 11.3. The van der Waals surface area contributed by atoms with Crippen molar-refractivity contribution in [2.24, 2.45) is 0 Å². The van der Waals surface area contributed by atoms with Gasteiger partial charge in [0, 0.05) is 19.2 Å². The summed E-state index contributed by atoms with van der Waals surface area (Å²) in [5.74, 6) is -0.386. The Morgan fingerprint density at radius 1 is 0.907 bits per heavy atom. The predicted octanol–water partition coefficient (Wildman–Crippen LogP) is 4.38. The number of anilines is 1. The van der Waals surface area contributed by atoms with Gasteiger partial charge in [0.15, 0.2) is 11.5 Å². The van der Waals surface area contributed by atoms with Crippen LogP contribution < -0.4 is 23.8 Å². The molecule has 0 heterocycles. The Balaban J connectivity index is 2.10. The molecule has 3 aromatic rings. The Kier molecular flexibility index (Phi) is 11.8. The number of sulfonamides is 1. The van der Waals surface area contributed by atoms with Crippen molar-refractivity contribution in [3.8, 4) is 17.2 Å². The molecule has 0 aliphatic carbocycles. The third-order valence-corrected chi connectivity index (χ3v) is 8.43. The molecule has 3 rings (SSSR count). The van der Waals surface area contributed by atoms with E-state index in [2.05, 4.69) is 5.32 Å². The van der Waals surface area contributed by atoms with Crippen molar-refractivity contribution in [3.63, 3.8) is 0 Å². The van der Waals surface area contributed by atoms with Crippen molar-refractivity contribution >= 4 is 27.5 Å². The largest absolute Gasteiger partial charge is 0.494 e. The minimum absolute atomic E-state index is 0.0394. The van der Waals surface area contributed by atoms with Crippen LogP contribution in [0, 0.1) is 5.82 Å². The van der Waals surface area contributed by atoms with Crippen molar-refractivity contribution in [1.82, 2.24) is 10.2 Å². The Labute approximate surface area is 252 Å². The van der Waals surface area contributed by atoms with Crippen molar-refractivity contribution in [1.29, 1.82) is 0 Å². The maximum absolute atomic E-state index is 14.1. The molecule has 3 aromatic carbocycles. The van der Waals surface area contributed by atoms with Gasteiger partial charge in [-0.05, 0) is 74.4 Å². The molecule has 0 fully saturated rings. The van der Waals surface area contributed by atoms with Crippen LogP contribution in [0.5, 0.6) is 17.2 Å². The topological polar surface area (TPSA) is 114 Å². The van der Waals surface area contributed by atoms with Gasteiger partial charge in [-0.15, -0.1) is 0 Å². The minimum Gasteiger partial charge on any atom is -0.494 e. The molecule has 1 atom stereocenters. The van der Waals surface area contributed by atoms with Crippen molar-refractivity contribution in [3.05, 3.63) is 78.1 Å². The SMILES string of the molecule is CCNC(=O)[C@H](CC)N(Cc1ccc(F)cc1)C(=O)CN(c1ccc(OCC)cc1)S(=O)(=O)c1ccc(OC)c(OC)c1. The van der Waals surface area contributed by atoms with E-state index >= 15 is 0 Å². The summed E-state index contributed by atoms with van der Waals surface area (Å²) in [4.78, 5) is 28.3. The summed E-state index contributed by atoms with van der Waals surface area (Å²) in [7, 11) is -1.52. The highest BCUT2D eigenvalue weighted by Gasteiger charge is 2.34. The summed E-state index contributed by atoms with van der Waals surface area (Å²) >= 11 is 0. The molecule has 0 spiro atoms. The number of carbonyl (C=O) groups excluding carboxylic acids is 2. The van der Waals surface area contributed by atoms with Crippen LogP contribution in [0.15, 0.2) is 71.6 Å². The molecule has 0 bridgehead atoms. The molecular weight excluding hydrogens is 577 g/mol. The van der Waals surface area contributed by atoms with Gasteiger partial charge in [-0.2, -0.15) is 0 Å². The first-order valence-corrected chi connectivity index (χ1v) is 15.3. The molecule has 12 heteroatoms.